The summed E-state index contributed by atoms with van der Waals surface area (Å²) >= 11 is 5.78. The summed E-state index contributed by atoms with van der Waals surface area (Å²) in [6, 6.07) is 0. The molecule has 0 bridgehead atoms. The van der Waals surface area contributed by atoms with Crippen LogP contribution in [0.15, 0.2) is 0 Å². The van der Waals surface area contributed by atoms with E-state index >= 15 is 0 Å². The Balaban J connectivity index is 3.61. The largest absolute Gasteiger partial charge is 0.311 e. The second-order valence-electron chi connectivity index (χ2n) is 4.44. The molecule has 0 heterocycles. The van der Waals surface area contributed by atoms with Crippen molar-refractivity contribution in [2.75, 3.05) is 33.1 Å². The lowest BCUT2D eigenvalue weighted by atomic mass is 9.95. The van der Waals surface area contributed by atoms with Crippen molar-refractivity contribution < 1.29 is 0 Å². The minimum Gasteiger partial charge on any atom is -0.311 e. The highest BCUT2D eigenvalue weighted by Crippen LogP contribution is 2.14. The van der Waals surface area contributed by atoms with Gasteiger partial charge in [0.25, 0.3) is 0 Å². The number of hydrogen-bond acceptors (Lipinski definition) is 2. The van der Waals surface area contributed by atoms with Crippen LogP contribution in [0.4, 0.5) is 0 Å². The van der Waals surface area contributed by atoms with Crippen LogP contribution in [0.5, 0.6) is 0 Å². The minimum absolute atomic E-state index is 0.230. The van der Waals surface area contributed by atoms with E-state index in [2.05, 4.69) is 38.2 Å². The van der Waals surface area contributed by atoms with Crippen molar-refractivity contribution in [2.24, 2.45) is 0 Å². The molecular formula is C11H25ClN2. The molecule has 0 fully saturated rings. The van der Waals surface area contributed by atoms with Gasteiger partial charge < -0.3 is 10.2 Å². The third-order valence-corrected chi connectivity index (χ3v) is 2.95. The van der Waals surface area contributed by atoms with Crippen molar-refractivity contribution in [1.29, 1.82) is 0 Å². The third-order valence-electron chi connectivity index (χ3n) is 2.76. The van der Waals surface area contributed by atoms with Gasteiger partial charge in [0, 0.05) is 11.4 Å². The van der Waals surface area contributed by atoms with Gasteiger partial charge in [-0.15, -0.1) is 11.6 Å². The van der Waals surface area contributed by atoms with Crippen LogP contribution in [0, 0.1) is 0 Å². The second-order valence-corrected chi connectivity index (χ2v) is 4.81. The first-order chi connectivity index (χ1) is 6.54. The van der Waals surface area contributed by atoms with Gasteiger partial charge in [-0.25, -0.2) is 0 Å². The van der Waals surface area contributed by atoms with Crippen molar-refractivity contribution >= 4 is 11.6 Å². The standard InChI is InChI=1S/C11H25ClN2/c1-5-11(2,7-8-12)13-9-6-10-14(3)4/h13H,5-10H2,1-4H3. The van der Waals surface area contributed by atoms with Gasteiger partial charge in [0.2, 0.25) is 0 Å². The molecule has 14 heavy (non-hydrogen) atoms. The zero-order valence-electron chi connectivity index (χ0n) is 10.1. The van der Waals surface area contributed by atoms with Gasteiger partial charge >= 0.3 is 0 Å². The average molecular weight is 221 g/mol. The van der Waals surface area contributed by atoms with Crippen LogP contribution in [0.1, 0.15) is 33.1 Å². The number of rotatable bonds is 8. The lowest BCUT2D eigenvalue weighted by Gasteiger charge is -2.29. The predicted octanol–water partition coefficient (Wildman–Crippen LogP) is 2.33. The van der Waals surface area contributed by atoms with Gasteiger partial charge in [0.05, 0.1) is 0 Å². The van der Waals surface area contributed by atoms with Gasteiger partial charge in [0.15, 0.2) is 0 Å². The Labute approximate surface area is 94.0 Å². The molecule has 1 unspecified atom stereocenters. The van der Waals surface area contributed by atoms with E-state index in [1.165, 1.54) is 6.42 Å². The van der Waals surface area contributed by atoms with E-state index in [0.29, 0.717) is 0 Å². The Bertz CT molecular complexity index is 139. The Kier molecular flexibility index (Phi) is 7.61. The van der Waals surface area contributed by atoms with Crippen LogP contribution in [-0.4, -0.2) is 43.5 Å². The molecule has 86 valence electrons. The maximum atomic E-state index is 5.78. The monoisotopic (exact) mass is 220 g/mol. The van der Waals surface area contributed by atoms with Crippen molar-refractivity contribution in [3.8, 4) is 0 Å². The first-order valence-corrected chi connectivity index (χ1v) is 6.03. The minimum atomic E-state index is 0.230. The highest BCUT2D eigenvalue weighted by molar-refractivity contribution is 6.17. The molecule has 0 radical (unpaired) electrons. The van der Waals surface area contributed by atoms with E-state index in [1.807, 2.05) is 0 Å². The van der Waals surface area contributed by atoms with E-state index in [-0.39, 0.29) is 5.54 Å². The summed E-state index contributed by atoms with van der Waals surface area (Å²) in [6.07, 6.45) is 3.39. The highest BCUT2D eigenvalue weighted by Gasteiger charge is 2.19. The number of nitrogens with one attached hydrogen (secondary N) is 1. The number of halogens is 1. The molecule has 0 aromatic rings. The molecule has 0 aliphatic rings. The summed E-state index contributed by atoms with van der Waals surface area (Å²) in [7, 11) is 4.22. The first-order valence-electron chi connectivity index (χ1n) is 5.50. The topological polar surface area (TPSA) is 15.3 Å². The molecule has 1 atom stereocenters. The Morgan fingerprint density at radius 2 is 2.00 bits per heavy atom. The van der Waals surface area contributed by atoms with Crippen LogP contribution >= 0.6 is 11.6 Å². The highest BCUT2D eigenvalue weighted by atomic mass is 35.5. The van der Waals surface area contributed by atoms with Gasteiger partial charge in [-0.05, 0) is 53.4 Å². The van der Waals surface area contributed by atoms with Gasteiger partial charge in [-0.1, -0.05) is 6.92 Å². The molecule has 0 aliphatic carbocycles. The Morgan fingerprint density at radius 3 is 2.43 bits per heavy atom. The third kappa shape index (κ3) is 6.63. The van der Waals surface area contributed by atoms with E-state index in [0.717, 1.165) is 31.8 Å². The van der Waals surface area contributed by atoms with Crippen molar-refractivity contribution in [1.82, 2.24) is 10.2 Å². The molecular weight excluding hydrogens is 196 g/mol. The summed E-state index contributed by atoms with van der Waals surface area (Å²) in [5.74, 6) is 0.741. The quantitative estimate of drug-likeness (QED) is 0.499. The normalized spacial score (nSPS) is 15.9. The maximum Gasteiger partial charge on any atom is 0.0240 e. The average Bonchev–Trinajstić information content (AvgIpc) is 2.13. The Morgan fingerprint density at radius 1 is 1.36 bits per heavy atom. The summed E-state index contributed by atoms with van der Waals surface area (Å²) in [6.45, 7) is 6.70. The van der Waals surface area contributed by atoms with E-state index in [4.69, 9.17) is 11.6 Å². The number of hydrogen-bond donors (Lipinski definition) is 1. The molecule has 2 nitrogen and oxygen atoms in total. The summed E-state index contributed by atoms with van der Waals surface area (Å²) < 4.78 is 0. The zero-order chi connectivity index (χ0) is 11.0. The summed E-state index contributed by atoms with van der Waals surface area (Å²) in [5, 5.41) is 3.59. The lowest BCUT2D eigenvalue weighted by molar-refractivity contribution is 0.316. The van der Waals surface area contributed by atoms with Crippen LogP contribution in [0.25, 0.3) is 0 Å². The van der Waals surface area contributed by atoms with Crippen LogP contribution in [0.3, 0.4) is 0 Å². The fourth-order valence-corrected chi connectivity index (χ4v) is 1.80. The lowest BCUT2D eigenvalue weighted by Crippen LogP contribution is -2.43. The molecule has 3 heteroatoms. The number of alkyl halides is 1. The Hall–Kier alpha value is 0.210. The molecule has 0 rings (SSSR count). The second kappa shape index (κ2) is 7.49. The molecule has 0 saturated heterocycles. The van der Waals surface area contributed by atoms with E-state index in [1.54, 1.807) is 0 Å². The molecule has 0 aliphatic heterocycles. The fraction of sp³-hybridized carbons (Fsp3) is 1.00. The van der Waals surface area contributed by atoms with Gasteiger partial charge in [0.1, 0.15) is 0 Å². The van der Waals surface area contributed by atoms with Crippen molar-refractivity contribution in [2.45, 2.75) is 38.6 Å². The van der Waals surface area contributed by atoms with Crippen molar-refractivity contribution in [3.63, 3.8) is 0 Å². The summed E-state index contributed by atoms with van der Waals surface area (Å²) in [5.41, 5.74) is 0.230. The first kappa shape index (κ1) is 14.2. The zero-order valence-corrected chi connectivity index (χ0v) is 10.8. The van der Waals surface area contributed by atoms with Crippen LogP contribution in [-0.2, 0) is 0 Å². The molecule has 0 amide bonds. The van der Waals surface area contributed by atoms with Crippen LogP contribution in [0.2, 0.25) is 0 Å². The molecule has 0 aromatic heterocycles. The van der Waals surface area contributed by atoms with Gasteiger partial charge in [-0.3, -0.25) is 0 Å². The van der Waals surface area contributed by atoms with E-state index < -0.39 is 0 Å². The predicted molar refractivity (Wildman–Crippen MR) is 65.2 cm³/mol. The maximum absolute atomic E-state index is 5.78. The molecule has 1 N–H and O–H groups in total. The van der Waals surface area contributed by atoms with Crippen molar-refractivity contribution in [3.05, 3.63) is 0 Å². The van der Waals surface area contributed by atoms with Crippen LogP contribution < -0.4 is 5.32 Å². The number of nitrogens with zero attached hydrogens (tertiary/aromatic N) is 1. The fourth-order valence-electron chi connectivity index (χ4n) is 1.38. The molecule has 0 aromatic carbocycles. The SMILES string of the molecule is CCC(C)(CCCl)NCCCN(C)C. The smallest absolute Gasteiger partial charge is 0.0240 e. The summed E-state index contributed by atoms with van der Waals surface area (Å²) in [4.78, 5) is 2.21. The molecule has 0 spiro atoms. The van der Waals surface area contributed by atoms with Gasteiger partial charge in [-0.2, -0.15) is 0 Å². The van der Waals surface area contributed by atoms with E-state index in [9.17, 15) is 0 Å². The molecule has 0 saturated carbocycles.